The van der Waals surface area contributed by atoms with Crippen LogP contribution in [0.1, 0.15) is 18.9 Å². The summed E-state index contributed by atoms with van der Waals surface area (Å²) in [6, 6.07) is 5.61. The third kappa shape index (κ3) is 3.48. The second kappa shape index (κ2) is 6.10. The fourth-order valence-corrected chi connectivity index (χ4v) is 1.70. The van der Waals surface area contributed by atoms with E-state index in [2.05, 4.69) is 21.2 Å². The van der Waals surface area contributed by atoms with E-state index in [0.717, 1.165) is 12.0 Å². The van der Waals surface area contributed by atoms with Gasteiger partial charge in [-0.25, -0.2) is 0 Å². The molecule has 0 saturated heterocycles. The number of halogens is 1. The summed E-state index contributed by atoms with van der Waals surface area (Å²) in [5.74, 6) is 0.262. The van der Waals surface area contributed by atoms with Crippen LogP contribution in [-0.2, 0) is 6.54 Å². The number of nitrogens with one attached hydrogen (secondary N) is 1. The van der Waals surface area contributed by atoms with Crippen molar-refractivity contribution in [1.29, 1.82) is 0 Å². The van der Waals surface area contributed by atoms with Crippen LogP contribution < -0.4 is 5.32 Å². The maximum atomic E-state index is 9.71. The van der Waals surface area contributed by atoms with Gasteiger partial charge >= 0.3 is 0 Å². The Bertz CT molecular complexity index is 313. The average molecular weight is 274 g/mol. The molecule has 0 heterocycles. The monoisotopic (exact) mass is 273 g/mol. The van der Waals surface area contributed by atoms with Gasteiger partial charge in [-0.05, 0) is 28.4 Å². The van der Waals surface area contributed by atoms with E-state index in [1.165, 1.54) is 0 Å². The predicted molar refractivity (Wildman–Crippen MR) is 63.8 cm³/mol. The van der Waals surface area contributed by atoms with Gasteiger partial charge in [-0.1, -0.05) is 19.1 Å². The Balaban J connectivity index is 2.61. The number of benzene rings is 1. The Labute approximate surface area is 98.3 Å². The van der Waals surface area contributed by atoms with Crippen molar-refractivity contribution in [2.75, 3.05) is 6.61 Å². The van der Waals surface area contributed by atoms with Crippen LogP contribution in [0, 0.1) is 0 Å². The van der Waals surface area contributed by atoms with Crippen LogP contribution in [0.25, 0.3) is 0 Å². The molecule has 0 radical (unpaired) electrons. The number of phenolic OH excluding ortho intramolecular Hbond substituents is 1. The Morgan fingerprint density at radius 1 is 1.47 bits per heavy atom. The molecule has 1 atom stereocenters. The topological polar surface area (TPSA) is 52.5 Å². The molecule has 1 aromatic carbocycles. The third-order valence-corrected chi connectivity index (χ3v) is 3.00. The maximum Gasteiger partial charge on any atom is 0.134 e. The largest absolute Gasteiger partial charge is 0.506 e. The molecule has 0 bridgehead atoms. The number of aromatic hydroxyl groups is 1. The minimum Gasteiger partial charge on any atom is -0.506 e. The highest BCUT2D eigenvalue weighted by Gasteiger charge is 2.07. The highest BCUT2D eigenvalue weighted by atomic mass is 79.9. The number of hydrogen-bond acceptors (Lipinski definition) is 3. The Morgan fingerprint density at radius 3 is 2.80 bits per heavy atom. The molecule has 1 aromatic rings. The third-order valence-electron chi connectivity index (χ3n) is 2.36. The van der Waals surface area contributed by atoms with Gasteiger partial charge in [0.2, 0.25) is 0 Å². The lowest BCUT2D eigenvalue weighted by Gasteiger charge is -2.14. The van der Waals surface area contributed by atoms with Crippen LogP contribution >= 0.6 is 15.9 Å². The van der Waals surface area contributed by atoms with Crippen molar-refractivity contribution < 1.29 is 10.2 Å². The standard InChI is InChI=1S/C11H16BrNO2/c1-2-9(7-14)13-6-8-4-3-5-10(12)11(8)15/h3-5,9,13-15H,2,6-7H2,1H3/t9-/m0/s1. The van der Waals surface area contributed by atoms with E-state index in [1.807, 2.05) is 19.1 Å². The molecule has 0 aliphatic heterocycles. The van der Waals surface area contributed by atoms with Crippen LogP contribution in [0.2, 0.25) is 0 Å². The molecule has 0 amide bonds. The van der Waals surface area contributed by atoms with Crippen molar-refractivity contribution in [3.8, 4) is 5.75 Å². The van der Waals surface area contributed by atoms with Crippen LogP contribution in [-0.4, -0.2) is 22.9 Å². The SMILES string of the molecule is CC[C@@H](CO)NCc1cccc(Br)c1O. The minimum atomic E-state index is 0.0865. The summed E-state index contributed by atoms with van der Waals surface area (Å²) in [5, 5.41) is 21.9. The van der Waals surface area contributed by atoms with E-state index in [0.29, 0.717) is 11.0 Å². The zero-order valence-corrected chi connectivity index (χ0v) is 10.3. The molecule has 0 aliphatic carbocycles. The highest BCUT2D eigenvalue weighted by molar-refractivity contribution is 9.10. The smallest absolute Gasteiger partial charge is 0.134 e. The molecule has 3 nitrogen and oxygen atoms in total. The van der Waals surface area contributed by atoms with E-state index >= 15 is 0 Å². The lowest BCUT2D eigenvalue weighted by atomic mass is 10.1. The summed E-state index contributed by atoms with van der Waals surface area (Å²) in [4.78, 5) is 0. The number of aliphatic hydroxyl groups excluding tert-OH is 1. The molecule has 4 heteroatoms. The Morgan fingerprint density at radius 2 is 2.20 bits per heavy atom. The number of para-hydroxylation sites is 1. The van der Waals surface area contributed by atoms with Gasteiger partial charge in [0.05, 0.1) is 11.1 Å². The molecule has 15 heavy (non-hydrogen) atoms. The zero-order valence-electron chi connectivity index (χ0n) is 8.70. The molecule has 3 N–H and O–H groups in total. The fourth-order valence-electron chi connectivity index (χ4n) is 1.29. The number of aliphatic hydroxyl groups is 1. The second-order valence-corrected chi connectivity index (χ2v) is 4.27. The molecule has 0 unspecified atom stereocenters. The summed E-state index contributed by atoms with van der Waals surface area (Å²) in [6.07, 6.45) is 0.866. The molecular weight excluding hydrogens is 258 g/mol. The lowest BCUT2D eigenvalue weighted by Crippen LogP contribution is -2.31. The molecule has 0 aliphatic rings. The highest BCUT2D eigenvalue weighted by Crippen LogP contribution is 2.27. The van der Waals surface area contributed by atoms with Gasteiger partial charge in [0.25, 0.3) is 0 Å². The van der Waals surface area contributed by atoms with Gasteiger partial charge in [0, 0.05) is 18.2 Å². The van der Waals surface area contributed by atoms with Gasteiger partial charge in [-0.2, -0.15) is 0 Å². The Hall–Kier alpha value is -0.580. The zero-order chi connectivity index (χ0) is 11.3. The van der Waals surface area contributed by atoms with Crippen molar-refractivity contribution in [3.63, 3.8) is 0 Å². The van der Waals surface area contributed by atoms with Gasteiger partial charge in [0.15, 0.2) is 0 Å². The van der Waals surface area contributed by atoms with Crippen LogP contribution in [0.15, 0.2) is 22.7 Å². The quantitative estimate of drug-likeness (QED) is 0.770. The summed E-state index contributed by atoms with van der Waals surface area (Å²) < 4.78 is 0.693. The Kier molecular flexibility index (Phi) is 5.08. The molecular formula is C11H16BrNO2. The molecule has 0 saturated carbocycles. The van der Waals surface area contributed by atoms with E-state index in [-0.39, 0.29) is 18.4 Å². The van der Waals surface area contributed by atoms with E-state index < -0.39 is 0 Å². The maximum absolute atomic E-state index is 9.71. The van der Waals surface area contributed by atoms with Crippen molar-refractivity contribution in [2.24, 2.45) is 0 Å². The summed E-state index contributed by atoms with van der Waals surface area (Å²) in [6.45, 7) is 2.68. The van der Waals surface area contributed by atoms with Crippen LogP contribution in [0.3, 0.4) is 0 Å². The van der Waals surface area contributed by atoms with Crippen molar-refractivity contribution >= 4 is 15.9 Å². The molecule has 0 spiro atoms. The first kappa shape index (κ1) is 12.5. The van der Waals surface area contributed by atoms with Gasteiger partial charge in [0.1, 0.15) is 5.75 Å². The van der Waals surface area contributed by atoms with Crippen molar-refractivity contribution in [2.45, 2.75) is 25.9 Å². The van der Waals surface area contributed by atoms with Gasteiger partial charge in [-0.3, -0.25) is 0 Å². The summed E-state index contributed by atoms with van der Waals surface area (Å²) in [5.41, 5.74) is 0.830. The number of phenols is 1. The van der Waals surface area contributed by atoms with Gasteiger partial charge in [-0.15, -0.1) is 0 Å². The first-order valence-corrected chi connectivity index (χ1v) is 5.79. The first-order chi connectivity index (χ1) is 7.19. The number of rotatable bonds is 5. The normalized spacial score (nSPS) is 12.7. The second-order valence-electron chi connectivity index (χ2n) is 3.42. The van der Waals surface area contributed by atoms with E-state index in [4.69, 9.17) is 5.11 Å². The van der Waals surface area contributed by atoms with Gasteiger partial charge < -0.3 is 15.5 Å². The lowest BCUT2D eigenvalue weighted by molar-refractivity contribution is 0.238. The number of hydrogen-bond donors (Lipinski definition) is 3. The van der Waals surface area contributed by atoms with Crippen molar-refractivity contribution in [1.82, 2.24) is 5.32 Å². The minimum absolute atomic E-state index is 0.0865. The first-order valence-electron chi connectivity index (χ1n) is 4.99. The molecule has 0 aromatic heterocycles. The molecule has 84 valence electrons. The van der Waals surface area contributed by atoms with Crippen molar-refractivity contribution in [3.05, 3.63) is 28.2 Å². The summed E-state index contributed by atoms with van der Waals surface area (Å²) >= 11 is 3.26. The predicted octanol–water partition coefficient (Wildman–Crippen LogP) is 2.02. The molecule has 0 fully saturated rings. The van der Waals surface area contributed by atoms with Crippen LogP contribution in [0.4, 0.5) is 0 Å². The van der Waals surface area contributed by atoms with E-state index in [1.54, 1.807) is 6.07 Å². The summed E-state index contributed by atoms with van der Waals surface area (Å²) in [7, 11) is 0. The van der Waals surface area contributed by atoms with E-state index in [9.17, 15) is 5.11 Å². The average Bonchev–Trinajstić information content (AvgIpc) is 2.25. The van der Waals surface area contributed by atoms with Crippen LogP contribution in [0.5, 0.6) is 5.75 Å². The molecule has 1 rings (SSSR count). The fraction of sp³-hybridized carbons (Fsp3) is 0.455.